The molecule has 1 aliphatic rings. The zero-order valence-corrected chi connectivity index (χ0v) is 11.9. The molecule has 2 rings (SSSR count). The third kappa shape index (κ3) is 3.85. The van der Waals surface area contributed by atoms with Crippen LogP contribution in [0.25, 0.3) is 0 Å². The van der Waals surface area contributed by atoms with Crippen molar-refractivity contribution in [3.63, 3.8) is 0 Å². The van der Waals surface area contributed by atoms with Crippen molar-refractivity contribution in [3.05, 3.63) is 18.2 Å². The van der Waals surface area contributed by atoms with Crippen LogP contribution in [-0.2, 0) is 4.79 Å². The smallest absolute Gasteiger partial charge is 0.238 e. The van der Waals surface area contributed by atoms with Gasteiger partial charge in [0.1, 0.15) is 0 Å². The second-order valence-electron chi connectivity index (χ2n) is 4.64. The van der Waals surface area contributed by atoms with E-state index in [0.717, 1.165) is 26.2 Å². The fraction of sp³-hybridized carbons (Fsp3) is 0.500. The van der Waals surface area contributed by atoms with Crippen molar-refractivity contribution in [2.24, 2.45) is 0 Å². The van der Waals surface area contributed by atoms with Crippen LogP contribution in [0.1, 0.15) is 0 Å². The van der Waals surface area contributed by atoms with E-state index in [4.69, 9.17) is 9.47 Å². The first-order valence-corrected chi connectivity index (χ1v) is 6.68. The van der Waals surface area contributed by atoms with Crippen LogP contribution in [0.15, 0.2) is 18.2 Å². The standard InChI is InChI=1S/C14H21N3O3/c1-19-12-4-3-11(9-13(12)20-2)16-14(18)10-17-7-5-15-6-8-17/h3-4,9,15H,5-8,10H2,1-2H3,(H,16,18). The Morgan fingerprint density at radius 3 is 2.60 bits per heavy atom. The van der Waals surface area contributed by atoms with E-state index in [0.29, 0.717) is 23.7 Å². The molecule has 20 heavy (non-hydrogen) atoms. The van der Waals surface area contributed by atoms with Crippen molar-refractivity contribution in [2.75, 3.05) is 52.3 Å². The van der Waals surface area contributed by atoms with Gasteiger partial charge in [0, 0.05) is 37.9 Å². The van der Waals surface area contributed by atoms with Crippen molar-refractivity contribution in [1.82, 2.24) is 10.2 Å². The molecular formula is C14H21N3O3. The van der Waals surface area contributed by atoms with E-state index >= 15 is 0 Å². The van der Waals surface area contributed by atoms with Crippen LogP contribution in [0.3, 0.4) is 0 Å². The second kappa shape index (κ2) is 7.12. The summed E-state index contributed by atoms with van der Waals surface area (Å²) in [5, 5.41) is 6.14. The van der Waals surface area contributed by atoms with E-state index in [9.17, 15) is 4.79 Å². The van der Waals surface area contributed by atoms with Gasteiger partial charge in [0.05, 0.1) is 20.8 Å². The first-order chi connectivity index (χ1) is 9.72. The molecule has 1 saturated heterocycles. The van der Waals surface area contributed by atoms with Crippen molar-refractivity contribution in [1.29, 1.82) is 0 Å². The van der Waals surface area contributed by atoms with Gasteiger partial charge in [-0.15, -0.1) is 0 Å². The molecule has 0 atom stereocenters. The van der Waals surface area contributed by atoms with Crippen LogP contribution in [0.2, 0.25) is 0 Å². The highest BCUT2D eigenvalue weighted by atomic mass is 16.5. The van der Waals surface area contributed by atoms with Gasteiger partial charge < -0.3 is 20.1 Å². The highest BCUT2D eigenvalue weighted by molar-refractivity contribution is 5.92. The van der Waals surface area contributed by atoms with Gasteiger partial charge in [0.25, 0.3) is 0 Å². The van der Waals surface area contributed by atoms with Gasteiger partial charge in [-0.3, -0.25) is 9.69 Å². The highest BCUT2D eigenvalue weighted by Gasteiger charge is 2.14. The number of rotatable bonds is 5. The molecule has 1 amide bonds. The molecule has 0 aliphatic carbocycles. The summed E-state index contributed by atoms with van der Waals surface area (Å²) >= 11 is 0. The largest absolute Gasteiger partial charge is 0.493 e. The van der Waals surface area contributed by atoms with Crippen molar-refractivity contribution >= 4 is 11.6 Å². The Morgan fingerprint density at radius 2 is 1.95 bits per heavy atom. The number of hydrogen-bond donors (Lipinski definition) is 2. The Hall–Kier alpha value is -1.79. The summed E-state index contributed by atoms with van der Waals surface area (Å²) in [4.78, 5) is 14.1. The van der Waals surface area contributed by atoms with E-state index in [2.05, 4.69) is 15.5 Å². The first-order valence-electron chi connectivity index (χ1n) is 6.68. The van der Waals surface area contributed by atoms with Gasteiger partial charge >= 0.3 is 0 Å². The number of methoxy groups -OCH3 is 2. The van der Waals surface area contributed by atoms with Gasteiger partial charge in [0.2, 0.25) is 5.91 Å². The van der Waals surface area contributed by atoms with E-state index in [1.165, 1.54) is 0 Å². The average Bonchev–Trinajstić information content (AvgIpc) is 2.48. The molecule has 1 fully saturated rings. The minimum Gasteiger partial charge on any atom is -0.493 e. The molecule has 6 nitrogen and oxygen atoms in total. The van der Waals surface area contributed by atoms with E-state index in [-0.39, 0.29) is 5.91 Å². The number of amides is 1. The maximum absolute atomic E-state index is 12.0. The Kier molecular flexibility index (Phi) is 5.20. The molecule has 1 aromatic carbocycles. The molecule has 6 heteroatoms. The molecule has 0 unspecified atom stereocenters. The van der Waals surface area contributed by atoms with Crippen LogP contribution >= 0.6 is 0 Å². The van der Waals surface area contributed by atoms with Crippen molar-refractivity contribution < 1.29 is 14.3 Å². The number of nitrogens with one attached hydrogen (secondary N) is 2. The van der Waals surface area contributed by atoms with Crippen LogP contribution in [-0.4, -0.2) is 57.8 Å². The third-order valence-electron chi connectivity index (χ3n) is 3.24. The number of hydrogen-bond acceptors (Lipinski definition) is 5. The second-order valence-corrected chi connectivity index (χ2v) is 4.64. The maximum Gasteiger partial charge on any atom is 0.238 e. The minimum absolute atomic E-state index is 0.0147. The summed E-state index contributed by atoms with van der Waals surface area (Å²) in [6.07, 6.45) is 0. The van der Waals surface area contributed by atoms with E-state index in [1.807, 2.05) is 0 Å². The van der Waals surface area contributed by atoms with Crippen LogP contribution in [0.5, 0.6) is 11.5 Å². The van der Waals surface area contributed by atoms with Gasteiger partial charge in [-0.1, -0.05) is 0 Å². The summed E-state index contributed by atoms with van der Waals surface area (Å²) in [6.45, 7) is 4.09. The Labute approximate surface area is 119 Å². The van der Waals surface area contributed by atoms with E-state index < -0.39 is 0 Å². The van der Waals surface area contributed by atoms with Crippen LogP contribution in [0.4, 0.5) is 5.69 Å². The summed E-state index contributed by atoms with van der Waals surface area (Å²) < 4.78 is 10.4. The zero-order chi connectivity index (χ0) is 14.4. The predicted octanol–water partition coefficient (Wildman–Crippen LogP) is 0.547. The van der Waals surface area contributed by atoms with Crippen molar-refractivity contribution in [2.45, 2.75) is 0 Å². The SMILES string of the molecule is COc1ccc(NC(=O)CN2CCNCC2)cc1OC. The van der Waals surface area contributed by atoms with Gasteiger partial charge in [-0.25, -0.2) is 0 Å². The number of ether oxygens (including phenoxy) is 2. The number of nitrogens with zero attached hydrogens (tertiary/aromatic N) is 1. The third-order valence-corrected chi connectivity index (χ3v) is 3.24. The van der Waals surface area contributed by atoms with E-state index in [1.54, 1.807) is 32.4 Å². The minimum atomic E-state index is -0.0147. The lowest BCUT2D eigenvalue weighted by Crippen LogP contribution is -2.46. The molecule has 0 bridgehead atoms. The number of piperazine rings is 1. The maximum atomic E-state index is 12.0. The highest BCUT2D eigenvalue weighted by Crippen LogP contribution is 2.29. The lowest BCUT2D eigenvalue weighted by atomic mass is 10.2. The van der Waals surface area contributed by atoms with Gasteiger partial charge in [0.15, 0.2) is 11.5 Å². The zero-order valence-electron chi connectivity index (χ0n) is 11.9. The first kappa shape index (κ1) is 14.6. The lowest BCUT2D eigenvalue weighted by molar-refractivity contribution is -0.117. The molecule has 1 heterocycles. The van der Waals surface area contributed by atoms with Crippen LogP contribution in [0, 0.1) is 0 Å². The van der Waals surface area contributed by atoms with Gasteiger partial charge in [-0.05, 0) is 12.1 Å². The van der Waals surface area contributed by atoms with Crippen molar-refractivity contribution in [3.8, 4) is 11.5 Å². The monoisotopic (exact) mass is 279 g/mol. The molecule has 1 aromatic rings. The number of carbonyl (C=O) groups excluding carboxylic acids is 1. The summed E-state index contributed by atoms with van der Waals surface area (Å²) in [5.74, 6) is 1.24. The van der Waals surface area contributed by atoms with Gasteiger partial charge in [-0.2, -0.15) is 0 Å². The Balaban J connectivity index is 1.93. The Morgan fingerprint density at radius 1 is 1.25 bits per heavy atom. The Bertz CT molecular complexity index is 459. The molecule has 110 valence electrons. The molecule has 0 radical (unpaired) electrons. The number of carbonyl (C=O) groups is 1. The number of benzene rings is 1. The fourth-order valence-corrected chi connectivity index (χ4v) is 2.19. The summed E-state index contributed by atoms with van der Waals surface area (Å²) in [5.41, 5.74) is 0.711. The molecule has 0 saturated carbocycles. The molecule has 1 aliphatic heterocycles. The average molecular weight is 279 g/mol. The summed E-state index contributed by atoms with van der Waals surface area (Å²) in [7, 11) is 3.16. The topological polar surface area (TPSA) is 62.8 Å². The molecular weight excluding hydrogens is 258 g/mol. The number of anilines is 1. The molecule has 0 spiro atoms. The summed E-state index contributed by atoms with van der Waals surface area (Å²) in [6, 6.07) is 5.34. The predicted molar refractivity (Wildman–Crippen MR) is 77.5 cm³/mol. The fourth-order valence-electron chi connectivity index (χ4n) is 2.19. The lowest BCUT2D eigenvalue weighted by Gasteiger charge is -2.26. The molecule has 0 aromatic heterocycles. The normalized spacial score (nSPS) is 15.7. The quantitative estimate of drug-likeness (QED) is 0.824. The van der Waals surface area contributed by atoms with Crippen LogP contribution < -0.4 is 20.1 Å². The molecule has 2 N–H and O–H groups in total.